The molecule has 0 unspecified atom stereocenters. The third-order valence-corrected chi connectivity index (χ3v) is 5.11. The van der Waals surface area contributed by atoms with Crippen molar-refractivity contribution in [2.24, 2.45) is 10.2 Å². The van der Waals surface area contributed by atoms with E-state index in [0.717, 1.165) is 28.0 Å². The van der Waals surface area contributed by atoms with E-state index in [-0.39, 0.29) is 11.2 Å². The highest BCUT2D eigenvalue weighted by molar-refractivity contribution is 5.76. The summed E-state index contributed by atoms with van der Waals surface area (Å²) in [5.41, 5.74) is 4.54. The number of rotatable bonds is 6. The van der Waals surface area contributed by atoms with Crippen molar-refractivity contribution in [3.8, 4) is 33.8 Å². The standard InChI is InChI=1S/C26H29FN2O2/c1-7-28-29-19-10-12-21(24(16-19)30-5)17-8-11-20(23(27)14-17)18-9-13-22(26(2,3)4)25(15-18)31-6/h8-16H,7H2,1-6H3. The molecule has 0 aliphatic carbocycles. The summed E-state index contributed by atoms with van der Waals surface area (Å²) < 4.78 is 26.2. The third-order valence-electron chi connectivity index (χ3n) is 5.11. The molecule has 3 aromatic carbocycles. The van der Waals surface area contributed by atoms with Gasteiger partial charge in [0.15, 0.2) is 0 Å². The van der Waals surface area contributed by atoms with Crippen molar-refractivity contribution in [2.75, 3.05) is 20.8 Å². The Morgan fingerprint density at radius 1 is 0.806 bits per heavy atom. The highest BCUT2D eigenvalue weighted by atomic mass is 19.1. The SMILES string of the molecule is CCN=Nc1ccc(-c2ccc(-c3ccc(C(C)(C)C)c(OC)c3)c(F)c2)c(OC)c1. The number of azo groups is 1. The topological polar surface area (TPSA) is 43.2 Å². The van der Waals surface area contributed by atoms with Crippen LogP contribution in [0.15, 0.2) is 64.8 Å². The third kappa shape index (κ3) is 4.93. The largest absolute Gasteiger partial charge is 0.496 e. The monoisotopic (exact) mass is 420 g/mol. The molecule has 0 saturated carbocycles. The van der Waals surface area contributed by atoms with E-state index in [4.69, 9.17) is 9.47 Å². The highest BCUT2D eigenvalue weighted by Crippen LogP contribution is 2.38. The van der Waals surface area contributed by atoms with Crippen LogP contribution in [0.5, 0.6) is 11.5 Å². The van der Waals surface area contributed by atoms with Crippen LogP contribution in [0.3, 0.4) is 0 Å². The van der Waals surface area contributed by atoms with Crippen LogP contribution in [0.1, 0.15) is 33.3 Å². The summed E-state index contributed by atoms with van der Waals surface area (Å²) in [7, 11) is 3.23. The van der Waals surface area contributed by atoms with Crippen molar-refractivity contribution < 1.29 is 13.9 Å². The van der Waals surface area contributed by atoms with Gasteiger partial charge in [-0.25, -0.2) is 4.39 Å². The van der Waals surface area contributed by atoms with Crippen LogP contribution in [0.25, 0.3) is 22.3 Å². The number of halogens is 1. The molecule has 0 aliphatic rings. The zero-order valence-corrected chi connectivity index (χ0v) is 19.0. The first kappa shape index (κ1) is 22.5. The Labute approximate surface area is 183 Å². The molecule has 0 atom stereocenters. The lowest BCUT2D eigenvalue weighted by Crippen LogP contribution is -2.12. The molecule has 0 heterocycles. The van der Waals surface area contributed by atoms with Crippen LogP contribution < -0.4 is 9.47 Å². The number of benzene rings is 3. The molecule has 0 bridgehead atoms. The zero-order valence-electron chi connectivity index (χ0n) is 19.0. The normalized spacial score (nSPS) is 11.7. The summed E-state index contributed by atoms with van der Waals surface area (Å²) in [5.74, 6) is 1.07. The summed E-state index contributed by atoms with van der Waals surface area (Å²) in [6, 6.07) is 16.6. The van der Waals surface area contributed by atoms with E-state index in [9.17, 15) is 0 Å². The van der Waals surface area contributed by atoms with Gasteiger partial charge in [-0.3, -0.25) is 0 Å². The Morgan fingerprint density at radius 2 is 1.45 bits per heavy atom. The van der Waals surface area contributed by atoms with Crippen LogP contribution in [0.2, 0.25) is 0 Å². The van der Waals surface area contributed by atoms with Crippen molar-refractivity contribution >= 4 is 5.69 Å². The Bertz CT molecular complexity index is 1100. The van der Waals surface area contributed by atoms with Gasteiger partial charge in [0.05, 0.1) is 26.5 Å². The van der Waals surface area contributed by atoms with Crippen LogP contribution >= 0.6 is 0 Å². The van der Waals surface area contributed by atoms with Gasteiger partial charge >= 0.3 is 0 Å². The van der Waals surface area contributed by atoms with Crippen molar-refractivity contribution in [3.05, 3.63) is 66.0 Å². The average molecular weight is 421 g/mol. The molecule has 0 spiro atoms. The fourth-order valence-electron chi connectivity index (χ4n) is 3.53. The van der Waals surface area contributed by atoms with E-state index >= 15 is 4.39 Å². The maximum atomic E-state index is 15.2. The lowest BCUT2D eigenvalue weighted by molar-refractivity contribution is 0.398. The second-order valence-electron chi connectivity index (χ2n) is 8.30. The molecule has 31 heavy (non-hydrogen) atoms. The molecule has 3 rings (SSSR count). The number of hydrogen-bond donors (Lipinski definition) is 0. The minimum atomic E-state index is -0.306. The quantitative estimate of drug-likeness (QED) is 0.386. The van der Waals surface area contributed by atoms with Crippen molar-refractivity contribution in [1.82, 2.24) is 0 Å². The maximum Gasteiger partial charge on any atom is 0.131 e. The van der Waals surface area contributed by atoms with Crippen molar-refractivity contribution in [1.29, 1.82) is 0 Å². The van der Waals surface area contributed by atoms with E-state index in [0.29, 0.717) is 23.5 Å². The van der Waals surface area contributed by atoms with Crippen LogP contribution in [-0.4, -0.2) is 20.8 Å². The molecule has 0 N–H and O–H groups in total. The number of hydrogen-bond acceptors (Lipinski definition) is 4. The molecule has 5 heteroatoms. The van der Waals surface area contributed by atoms with Crippen LogP contribution in [-0.2, 0) is 5.41 Å². The molecular weight excluding hydrogens is 391 g/mol. The molecule has 0 amide bonds. The summed E-state index contributed by atoms with van der Waals surface area (Å²) in [4.78, 5) is 0. The van der Waals surface area contributed by atoms with Gasteiger partial charge < -0.3 is 9.47 Å². The zero-order chi connectivity index (χ0) is 22.6. The first-order valence-electron chi connectivity index (χ1n) is 10.3. The Hall–Kier alpha value is -3.21. The molecule has 4 nitrogen and oxygen atoms in total. The van der Waals surface area contributed by atoms with E-state index in [1.165, 1.54) is 6.07 Å². The molecular formula is C26H29FN2O2. The molecule has 0 saturated heterocycles. The van der Waals surface area contributed by atoms with Gasteiger partial charge in [-0.15, -0.1) is 0 Å². The highest BCUT2D eigenvalue weighted by Gasteiger charge is 2.20. The second-order valence-corrected chi connectivity index (χ2v) is 8.30. The van der Waals surface area contributed by atoms with Crippen LogP contribution in [0.4, 0.5) is 10.1 Å². The van der Waals surface area contributed by atoms with Gasteiger partial charge in [0.1, 0.15) is 17.3 Å². The first-order chi connectivity index (χ1) is 14.8. The summed E-state index contributed by atoms with van der Waals surface area (Å²) in [6.45, 7) is 8.91. The first-order valence-corrected chi connectivity index (χ1v) is 10.3. The van der Waals surface area contributed by atoms with Gasteiger partial charge in [0.2, 0.25) is 0 Å². The molecule has 0 fully saturated rings. The van der Waals surface area contributed by atoms with E-state index in [1.807, 2.05) is 43.3 Å². The van der Waals surface area contributed by atoms with Gasteiger partial charge in [-0.2, -0.15) is 10.2 Å². The summed E-state index contributed by atoms with van der Waals surface area (Å²) in [6.07, 6.45) is 0. The fraction of sp³-hybridized carbons (Fsp3) is 0.308. The summed E-state index contributed by atoms with van der Waals surface area (Å²) in [5, 5.41) is 8.15. The van der Waals surface area contributed by atoms with Crippen molar-refractivity contribution in [3.63, 3.8) is 0 Å². The minimum absolute atomic E-state index is 0.0638. The van der Waals surface area contributed by atoms with Gasteiger partial charge in [0, 0.05) is 17.2 Å². The smallest absolute Gasteiger partial charge is 0.131 e. The predicted molar refractivity (Wildman–Crippen MR) is 124 cm³/mol. The Morgan fingerprint density at radius 3 is 2.06 bits per heavy atom. The lowest BCUT2D eigenvalue weighted by atomic mass is 9.85. The van der Waals surface area contributed by atoms with E-state index < -0.39 is 0 Å². The Kier molecular flexibility index (Phi) is 6.74. The number of nitrogens with zero attached hydrogens (tertiary/aromatic N) is 2. The van der Waals surface area contributed by atoms with E-state index in [2.05, 4.69) is 31.0 Å². The number of ether oxygens (including phenoxy) is 2. The summed E-state index contributed by atoms with van der Waals surface area (Å²) >= 11 is 0. The molecule has 0 radical (unpaired) electrons. The number of methoxy groups -OCH3 is 2. The lowest BCUT2D eigenvalue weighted by Gasteiger charge is -2.22. The molecule has 0 aromatic heterocycles. The van der Waals surface area contributed by atoms with Crippen LogP contribution in [0, 0.1) is 5.82 Å². The van der Waals surface area contributed by atoms with Gasteiger partial charge in [-0.1, -0.05) is 45.0 Å². The second kappa shape index (κ2) is 9.29. The minimum Gasteiger partial charge on any atom is -0.496 e. The van der Waals surface area contributed by atoms with Crippen molar-refractivity contribution in [2.45, 2.75) is 33.1 Å². The van der Waals surface area contributed by atoms with Gasteiger partial charge in [0.25, 0.3) is 0 Å². The van der Waals surface area contributed by atoms with E-state index in [1.54, 1.807) is 26.4 Å². The average Bonchev–Trinajstić information content (AvgIpc) is 2.76. The van der Waals surface area contributed by atoms with Gasteiger partial charge in [-0.05, 0) is 53.3 Å². The molecule has 162 valence electrons. The maximum absolute atomic E-state index is 15.2. The fourth-order valence-corrected chi connectivity index (χ4v) is 3.53. The molecule has 0 aliphatic heterocycles. The Balaban J connectivity index is 2.00. The predicted octanol–water partition coefficient (Wildman–Crippen LogP) is 7.58. The molecule has 3 aromatic rings.